The van der Waals surface area contributed by atoms with Crippen LogP contribution in [-0.4, -0.2) is 11.7 Å². The molecule has 0 bridgehead atoms. The van der Waals surface area contributed by atoms with Gasteiger partial charge in [-0.25, -0.2) is 0 Å². The van der Waals surface area contributed by atoms with Crippen LogP contribution in [0, 0.1) is 0 Å². The Hall–Kier alpha value is -0.510. The first kappa shape index (κ1) is 12.0. The molecule has 1 aliphatic heterocycles. The summed E-state index contributed by atoms with van der Waals surface area (Å²) < 4.78 is 6.08. The van der Waals surface area contributed by atoms with Crippen LogP contribution in [0.5, 0.6) is 0 Å². The Labute approximate surface area is 108 Å². The Morgan fingerprint density at radius 2 is 2.25 bits per heavy atom. The van der Waals surface area contributed by atoms with Gasteiger partial charge in [0.2, 0.25) is 0 Å². The quantitative estimate of drug-likeness (QED) is 0.900. The fourth-order valence-electron chi connectivity index (χ4n) is 1.71. The van der Waals surface area contributed by atoms with Gasteiger partial charge in [0, 0.05) is 15.1 Å². The van der Waals surface area contributed by atoms with Gasteiger partial charge in [0.1, 0.15) is 6.10 Å². The summed E-state index contributed by atoms with van der Waals surface area (Å²) in [5.41, 5.74) is 1.68. The molecule has 16 heavy (non-hydrogen) atoms. The van der Waals surface area contributed by atoms with Gasteiger partial charge in [-0.2, -0.15) is 0 Å². The van der Waals surface area contributed by atoms with Crippen molar-refractivity contribution in [2.24, 2.45) is 0 Å². The summed E-state index contributed by atoms with van der Waals surface area (Å²) in [5.74, 6) is 0. The molecule has 1 N–H and O–H groups in total. The molecule has 4 heteroatoms. The topological polar surface area (TPSA) is 29.5 Å². The molecule has 0 fully saturated rings. The molecule has 1 aliphatic rings. The summed E-state index contributed by atoms with van der Waals surface area (Å²) in [7, 11) is 0. The maximum Gasteiger partial charge on any atom is 0.104 e. The molecule has 1 aromatic carbocycles. The maximum absolute atomic E-state index is 10.2. The minimum Gasteiger partial charge on any atom is -0.501 e. The van der Waals surface area contributed by atoms with Crippen LogP contribution < -0.4 is 0 Å². The van der Waals surface area contributed by atoms with E-state index in [1.165, 1.54) is 0 Å². The minimum absolute atomic E-state index is 0.620. The zero-order valence-electron chi connectivity index (χ0n) is 8.62. The minimum atomic E-state index is -0.645. The fraction of sp³-hybridized carbons (Fsp3) is 0.333. The van der Waals surface area contributed by atoms with Crippen molar-refractivity contribution in [3.63, 3.8) is 0 Å². The van der Waals surface area contributed by atoms with Gasteiger partial charge in [0.15, 0.2) is 0 Å². The summed E-state index contributed by atoms with van der Waals surface area (Å²) in [5, 5.41) is 10.8. The van der Waals surface area contributed by atoms with E-state index in [0.29, 0.717) is 5.02 Å². The average Bonchev–Trinajstić information content (AvgIpc) is 2.32. The number of ether oxygens (including phenoxy) is 1. The van der Waals surface area contributed by atoms with E-state index in [1.54, 1.807) is 18.4 Å². The Bertz CT molecular complexity index is 417. The fourth-order valence-corrected chi connectivity index (χ4v) is 2.35. The Morgan fingerprint density at radius 3 is 2.94 bits per heavy atom. The number of aliphatic hydroxyl groups is 1. The number of halogens is 2. The monoisotopic (exact) mass is 302 g/mol. The highest BCUT2D eigenvalue weighted by Crippen LogP contribution is 2.33. The van der Waals surface area contributed by atoms with E-state index in [2.05, 4.69) is 15.9 Å². The number of hydrogen-bond donors (Lipinski definition) is 1. The highest BCUT2D eigenvalue weighted by molar-refractivity contribution is 9.10. The number of hydrogen-bond acceptors (Lipinski definition) is 2. The summed E-state index contributed by atoms with van der Waals surface area (Å²) >= 11 is 9.33. The van der Waals surface area contributed by atoms with E-state index in [4.69, 9.17) is 16.3 Å². The van der Waals surface area contributed by atoms with Crippen LogP contribution in [-0.2, 0) is 4.74 Å². The molecule has 0 aromatic heterocycles. The van der Waals surface area contributed by atoms with Gasteiger partial charge in [-0.05, 0) is 36.6 Å². The third-order valence-electron chi connectivity index (χ3n) is 2.57. The van der Waals surface area contributed by atoms with Gasteiger partial charge in [0.05, 0.1) is 12.9 Å². The van der Waals surface area contributed by atoms with Gasteiger partial charge < -0.3 is 9.84 Å². The Balaban J connectivity index is 2.29. The molecule has 86 valence electrons. The number of rotatable bonds is 2. The Morgan fingerprint density at radius 1 is 1.44 bits per heavy atom. The maximum atomic E-state index is 10.2. The second-order valence-corrected chi connectivity index (χ2v) is 5.03. The summed E-state index contributed by atoms with van der Waals surface area (Å²) in [6.45, 7) is 0.729. The molecule has 0 amide bonds. The van der Waals surface area contributed by atoms with E-state index in [9.17, 15) is 5.11 Å². The largest absolute Gasteiger partial charge is 0.501 e. The molecule has 2 nitrogen and oxygen atoms in total. The SMILES string of the molecule is OC(C1=COCCC1)c1cc(Cl)ccc1Br. The second-order valence-electron chi connectivity index (χ2n) is 3.74. The first-order valence-corrected chi connectivity index (χ1v) is 6.29. The van der Waals surface area contributed by atoms with Crippen LogP contribution in [0.1, 0.15) is 24.5 Å². The molecule has 2 rings (SSSR count). The highest BCUT2D eigenvalue weighted by atomic mass is 79.9. The van der Waals surface area contributed by atoms with E-state index in [0.717, 1.165) is 35.1 Å². The van der Waals surface area contributed by atoms with Crippen molar-refractivity contribution in [1.82, 2.24) is 0 Å². The van der Waals surface area contributed by atoms with Crippen molar-refractivity contribution < 1.29 is 9.84 Å². The predicted octanol–water partition coefficient (Wildman–Crippen LogP) is 3.83. The van der Waals surface area contributed by atoms with E-state index < -0.39 is 6.10 Å². The molecule has 0 radical (unpaired) electrons. The third-order valence-corrected chi connectivity index (χ3v) is 3.52. The van der Waals surface area contributed by atoms with E-state index in [1.807, 2.05) is 6.07 Å². The van der Waals surface area contributed by atoms with Gasteiger partial charge in [-0.1, -0.05) is 27.5 Å². The first-order chi connectivity index (χ1) is 7.68. The van der Waals surface area contributed by atoms with Crippen molar-refractivity contribution in [1.29, 1.82) is 0 Å². The number of benzene rings is 1. The normalized spacial score (nSPS) is 17.6. The van der Waals surface area contributed by atoms with Gasteiger partial charge in [0.25, 0.3) is 0 Å². The van der Waals surface area contributed by atoms with Crippen LogP contribution in [0.4, 0.5) is 0 Å². The summed E-state index contributed by atoms with van der Waals surface area (Å²) in [6, 6.07) is 5.39. The van der Waals surface area contributed by atoms with Gasteiger partial charge in [-0.3, -0.25) is 0 Å². The molecule has 1 atom stereocenters. The summed E-state index contributed by atoms with van der Waals surface area (Å²) in [6.07, 6.45) is 2.82. The van der Waals surface area contributed by atoms with Gasteiger partial charge >= 0.3 is 0 Å². The standard InChI is InChI=1S/C12H12BrClO2/c13-11-4-3-9(14)6-10(11)12(15)8-2-1-5-16-7-8/h3-4,6-7,12,15H,1-2,5H2. The summed E-state index contributed by atoms with van der Waals surface area (Å²) in [4.78, 5) is 0. The lowest BCUT2D eigenvalue weighted by Crippen LogP contribution is -2.08. The van der Waals surface area contributed by atoms with Crippen LogP contribution in [0.3, 0.4) is 0 Å². The molecule has 1 unspecified atom stereocenters. The molecule has 0 saturated heterocycles. The molecule has 0 aliphatic carbocycles. The molecule has 1 heterocycles. The zero-order valence-corrected chi connectivity index (χ0v) is 11.0. The average molecular weight is 304 g/mol. The van der Waals surface area contributed by atoms with Crippen LogP contribution in [0.2, 0.25) is 5.02 Å². The van der Waals surface area contributed by atoms with Crippen LogP contribution in [0.25, 0.3) is 0 Å². The predicted molar refractivity (Wildman–Crippen MR) is 67.4 cm³/mol. The first-order valence-electron chi connectivity index (χ1n) is 5.12. The van der Waals surface area contributed by atoms with Crippen molar-refractivity contribution in [2.45, 2.75) is 18.9 Å². The molecular formula is C12H12BrClO2. The van der Waals surface area contributed by atoms with Crippen molar-refractivity contribution in [2.75, 3.05) is 6.61 Å². The number of aliphatic hydroxyl groups excluding tert-OH is 1. The lowest BCUT2D eigenvalue weighted by Gasteiger charge is -2.20. The van der Waals surface area contributed by atoms with E-state index >= 15 is 0 Å². The molecule has 0 spiro atoms. The molecular weight excluding hydrogens is 291 g/mol. The van der Waals surface area contributed by atoms with E-state index in [-0.39, 0.29) is 0 Å². The van der Waals surface area contributed by atoms with Crippen molar-refractivity contribution in [3.8, 4) is 0 Å². The smallest absolute Gasteiger partial charge is 0.104 e. The highest BCUT2D eigenvalue weighted by Gasteiger charge is 2.18. The van der Waals surface area contributed by atoms with Crippen molar-refractivity contribution >= 4 is 27.5 Å². The lowest BCUT2D eigenvalue weighted by molar-refractivity contribution is 0.170. The third kappa shape index (κ3) is 2.59. The zero-order chi connectivity index (χ0) is 11.5. The Kier molecular flexibility index (Phi) is 3.90. The van der Waals surface area contributed by atoms with Crippen LogP contribution >= 0.6 is 27.5 Å². The second kappa shape index (κ2) is 5.21. The van der Waals surface area contributed by atoms with Crippen LogP contribution in [0.15, 0.2) is 34.5 Å². The lowest BCUT2D eigenvalue weighted by atomic mass is 9.98. The molecule has 0 saturated carbocycles. The van der Waals surface area contributed by atoms with Crippen molar-refractivity contribution in [3.05, 3.63) is 45.1 Å². The molecule has 1 aromatic rings. The van der Waals surface area contributed by atoms with Gasteiger partial charge in [-0.15, -0.1) is 0 Å².